The average molecular weight is 361 g/mol. The molecule has 8 heteroatoms. The number of methoxy groups -OCH3 is 1. The van der Waals surface area contributed by atoms with Crippen molar-refractivity contribution < 1.29 is 4.74 Å². The summed E-state index contributed by atoms with van der Waals surface area (Å²) in [5, 5.41) is 18.1. The summed E-state index contributed by atoms with van der Waals surface area (Å²) in [4.78, 5) is 12.2. The third-order valence-electron chi connectivity index (χ3n) is 4.95. The molecular formula is C17H23N5O2S. The van der Waals surface area contributed by atoms with E-state index in [9.17, 15) is 4.79 Å². The van der Waals surface area contributed by atoms with Gasteiger partial charge in [0.1, 0.15) is 11.6 Å². The fourth-order valence-electron chi connectivity index (χ4n) is 3.43. The molecule has 0 radical (unpaired) electrons. The van der Waals surface area contributed by atoms with E-state index in [4.69, 9.17) is 4.74 Å². The lowest BCUT2D eigenvalue weighted by atomic mass is 9.91. The quantitative estimate of drug-likeness (QED) is 0.852. The van der Waals surface area contributed by atoms with E-state index >= 15 is 0 Å². The summed E-state index contributed by atoms with van der Waals surface area (Å²) in [6, 6.07) is 4.17. The van der Waals surface area contributed by atoms with E-state index in [1.807, 2.05) is 6.07 Å². The summed E-state index contributed by atoms with van der Waals surface area (Å²) >= 11 is 1.54. The molecule has 0 amide bonds. The normalized spacial score (nSPS) is 23.6. The Balaban J connectivity index is 1.36. The molecule has 0 bridgehead atoms. The molecule has 0 saturated heterocycles. The number of nitrogens with one attached hydrogen (secondary N) is 1. The highest BCUT2D eigenvalue weighted by atomic mass is 32.1. The predicted octanol–water partition coefficient (Wildman–Crippen LogP) is 2.71. The first-order valence-electron chi connectivity index (χ1n) is 8.90. The van der Waals surface area contributed by atoms with Crippen LogP contribution >= 0.6 is 11.3 Å². The molecule has 2 heterocycles. The highest BCUT2D eigenvalue weighted by Gasteiger charge is 2.28. The van der Waals surface area contributed by atoms with Crippen molar-refractivity contribution in [2.45, 2.75) is 63.1 Å². The average Bonchev–Trinajstić information content (AvgIpc) is 3.38. The van der Waals surface area contributed by atoms with Gasteiger partial charge in [-0.05, 0) is 44.6 Å². The Morgan fingerprint density at radius 1 is 1.20 bits per heavy atom. The summed E-state index contributed by atoms with van der Waals surface area (Å²) in [6.07, 6.45) is 6.34. The van der Waals surface area contributed by atoms with Crippen molar-refractivity contribution in [3.8, 4) is 0 Å². The van der Waals surface area contributed by atoms with Crippen LogP contribution in [0.4, 0.5) is 5.13 Å². The molecule has 0 aliphatic heterocycles. The molecule has 0 spiro atoms. The molecule has 2 saturated carbocycles. The third-order valence-corrected chi connectivity index (χ3v) is 5.77. The maximum atomic E-state index is 12.2. The topological polar surface area (TPSA) is 81.9 Å². The molecule has 7 nitrogen and oxygen atoms in total. The second-order valence-corrected chi connectivity index (χ2v) is 7.96. The number of hydrogen-bond acceptors (Lipinski definition) is 7. The lowest BCUT2D eigenvalue weighted by Gasteiger charge is -2.29. The van der Waals surface area contributed by atoms with Gasteiger partial charge >= 0.3 is 0 Å². The van der Waals surface area contributed by atoms with Crippen molar-refractivity contribution in [3.63, 3.8) is 0 Å². The first-order valence-corrected chi connectivity index (χ1v) is 9.72. The zero-order chi connectivity index (χ0) is 17.2. The minimum absolute atomic E-state index is 0.0224. The van der Waals surface area contributed by atoms with Crippen molar-refractivity contribution in [1.29, 1.82) is 0 Å². The summed E-state index contributed by atoms with van der Waals surface area (Å²) in [5.41, 5.74) is 1.11. The molecule has 0 aromatic carbocycles. The van der Waals surface area contributed by atoms with Crippen LogP contribution in [0.25, 0.3) is 0 Å². The zero-order valence-corrected chi connectivity index (χ0v) is 15.2. The fourth-order valence-corrected chi connectivity index (χ4v) is 4.22. The summed E-state index contributed by atoms with van der Waals surface area (Å²) in [5.74, 6) is 0.573. The Morgan fingerprint density at radius 3 is 2.72 bits per heavy atom. The van der Waals surface area contributed by atoms with Crippen molar-refractivity contribution in [3.05, 3.63) is 33.2 Å². The van der Waals surface area contributed by atoms with E-state index in [-0.39, 0.29) is 11.6 Å². The van der Waals surface area contributed by atoms with Crippen LogP contribution in [0.5, 0.6) is 0 Å². The second kappa shape index (κ2) is 7.21. The summed E-state index contributed by atoms with van der Waals surface area (Å²) < 4.78 is 6.80. The lowest BCUT2D eigenvalue weighted by molar-refractivity contribution is 0.184. The highest BCUT2D eigenvalue weighted by molar-refractivity contribution is 7.15. The summed E-state index contributed by atoms with van der Waals surface area (Å²) in [7, 11) is 1.66. The van der Waals surface area contributed by atoms with Crippen LogP contribution < -0.4 is 10.9 Å². The van der Waals surface area contributed by atoms with Crippen molar-refractivity contribution in [1.82, 2.24) is 20.0 Å². The molecule has 1 N–H and O–H groups in total. The molecular weight excluding hydrogens is 338 g/mol. The molecule has 2 aliphatic rings. The molecule has 2 fully saturated rings. The Kier molecular flexibility index (Phi) is 4.80. The van der Waals surface area contributed by atoms with E-state index < -0.39 is 0 Å². The Hall–Kier alpha value is -1.80. The van der Waals surface area contributed by atoms with Gasteiger partial charge in [0.05, 0.1) is 11.7 Å². The van der Waals surface area contributed by atoms with Gasteiger partial charge in [0.15, 0.2) is 0 Å². The molecule has 2 aromatic heterocycles. The van der Waals surface area contributed by atoms with E-state index in [2.05, 4.69) is 20.6 Å². The largest absolute Gasteiger partial charge is 0.377 e. The Bertz CT molecular complexity index is 777. The van der Waals surface area contributed by atoms with Crippen molar-refractivity contribution in [2.75, 3.05) is 12.4 Å². The van der Waals surface area contributed by atoms with Crippen molar-refractivity contribution >= 4 is 16.5 Å². The minimum atomic E-state index is 0.0224. The van der Waals surface area contributed by atoms with Crippen LogP contribution in [0.3, 0.4) is 0 Å². The number of anilines is 1. The van der Waals surface area contributed by atoms with Gasteiger partial charge in [-0.1, -0.05) is 11.3 Å². The monoisotopic (exact) mass is 361 g/mol. The molecule has 0 unspecified atom stereocenters. The maximum absolute atomic E-state index is 12.2. The van der Waals surface area contributed by atoms with Crippen molar-refractivity contribution in [2.24, 2.45) is 0 Å². The minimum Gasteiger partial charge on any atom is -0.377 e. The Morgan fingerprint density at radius 2 is 2.00 bits per heavy atom. The van der Waals surface area contributed by atoms with E-state index in [1.165, 1.54) is 24.2 Å². The SMILES string of the molecule is COCc1nnc(NC2CCC(n3nc(C4CC4)ccc3=O)CC2)s1. The van der Waals surface area contributed by atoms with Crippen LogP contribution in [0.2, 0.25) is 0 Å². The van der Waals surface area contributed by atoms with E-state index in [1.54, 1.807) is 17.9 Å². The van der Waals surface area contributed by atoms with E-state index in [0.717, 1.165) is 41.5 Å². The van der Waals surface area contributed by atoms with Gasteiger partial charge in [0, 0.05) is 25.1 Å². The smallest absolute Gasteiger partial charge is 0.267 e. The third kappa shape index (κ3) is 3.90. The van der Waals surface area contributed by atoms with Crippen LogP contribution in [0.1, 0.15) is 61.2 Å². The van der Waals surface area contributed by atoms with Crippen LogP contribution in [-0.4, -0.2) is 33.1 Å². The molecule has 0 atom stereocenters. The fraction of sp³-hybridized carbons (Fsp3) is 0.647. The van der Waals surface area contributed by atoms with Gasteiger partial charge in [-0.25, -0.2) is 4.68 Å². The van der Waals surface area contributed by atoms with Gasteiger partial charge in [0.25, 0.3) is 5.56 Å². The van der Waals surface area contributed by atoms with Gasteiger partial charge in [-0.3, -0.25) is 4.79 Å². The Labute approximate surface area is 150 Å². The number of aromatic nitrogens is 4. The summed E-state index contributed by atoms with van der Waals surface area (Å²) in [6.45, 7) is 0.498. The number of hydrogen-bond donors (Lipinski definition) is 1. The number of nitrogens with zero attached hydrogens (tertiary/aromatic N) is 4. The van der Waals surface area contributed by atoms with Gasteiger partial charge in [-0.15, -0.1) is 10.2 Å². The second-order valence-electron chi connectivity index (χ2n) is 6.90. The first kappa shape index (κ1) is 16.7. The molecule has 25 heavy (non-hydrogen) atoms. The molecule has 4 rings (SSSR count). The number of ether oxygens (including phenoxy) is 1. The van der Waals surface area contributed by atoms with Gasteiger partial charge in [-0.2, -0.15) is 5.10 Å². The zero-order valence-electron chi connectivity index (χ0n) is 14.4. The van der Waals surface area contributed by atoms with Gasteiger partial charge < -0.3 is 10.1 Å². The van der Waals surface area contributed by atoms with Gasteiger partial charge in [0.2, 0.25) is 5.13 Å². The van der Waals surface area contributed by atoms with Crippen LogP contribution in [0.15, 0.2) is 16.9 Å². The van der Waals surface area contributed by atoms with Crippen LogP contribution in [0, 0.1) is 0 Å². The molecule has 134 valence electrons. The first-order chi connectivity index (χ1) is 12.2. The highest BCUT2D eigenvalue weighted by Crippen LogP contribution is 2.38. The van der Waals surface area contributed by atoms with E-state index in [0.29, 0.717) is 18.6 Å². The van der Waals surface area contributed by atoms with Crippen LogP contribution in [-0.2, 0) is 11.3 Å². The molecule has 2 aliphatic carbocycles. The molecule has 2 aromatic rings. The maximum Gasteiger partial charge on any atom is 0.267 e. The lowest BCUT2D eigenvalue weighted by Crippen LogP contribution is -2.33. The predicted molar refractivity (Wildman–Crippen MR) is 96.0 cm³/mol. The number of rotatable bonds is 6. The standard InChI is InChI=1S/C17H23N5O2S/c1-24-10-15-19-20-17(25-15)18-12-4-6-13(7-5-12)22-16(23)9-8-14(21-22)11-2-3-11/h8-9,11-13H,2-7,10H2,1H3,(H,18,20).